The molecule has 0 unspecified atom stereocenters. The predicted octanol–water partition coefficient (Wildman–Crippen LogP) is 1.31. The number of halogens is 2. The number of benzene rings is 2. The van der Waals surface area contributed by atoms with E-state index in [2.05, 4.69) is 88.4 Å². The van der Waals surface area contributed by atoms with E-state index < -0.39 is 0 Å². The zero-order valence-electron chi connectivity index (χ0n) is 17.3. The van der Waals surface area contributed by atoms with Gasteiger partial charge in [-0.25, -0.2) is 12.2 Å². The van der Waals surface area contributed by atoms with Crippen molar-refractivity contribution in [2.24, 2.45) is 0 Å². The van der Waals surface area contributed by atoms with Crippen LogP contribution in [0.15, 0.2) is 60.7 Å². The van der Waals surface area contributed by atoms with Crippen LogP contribution in [0.2, 0.25) is 0 Å². The van der Waals surface area contributed by atoms with Crippen molar-refractivity contribution in [1.82, 2.24) is 0 Å². The Morgan fingerprint density at radius 3 is 1.72 bits per heavy atom. The van der Waals surface area contributed by atoms with Gasteiger partial charge in [-0.2, -0.15) is 6.08 Å². The maximum absolute atomic E-state index is 2.99. The molecule has 0 aliphatic heterocycles. The minimum absolute atomic E-state index is 0. The van der Waals surface area contributed by atoms with Crippen molar-refractivity contribution in [2.45, 2.75) is 52.4 Å². The number of aryl methyl sites for hydroxylation is 2. The molecule has 1 saturated carbocycles. The first-order valence-electron chi connectivity index (χ1n) is 9.98. The Balaban J connectivity index is 0.000000252. The van der Waals surface area contributed by atoms with Gasteiger partial charge >= 0.3 is 55.9 Å². The third kappa shape index (κ3) is 7.95. The van der Waals surface area contributed by atoms with Gasteiger partial charge in [-0.05, 0) is 13.8 Å². The first kappa shape index (κ1) is 26.0. The Morgan fingerprint density at radius 1 is 0.828 bits per heavy atom. The molecule has 0 heterocycles. The summed E-state index contributed by atoms with van der Waals surface area (Å²) < 4.78 is 1.71. The zero-order valence-corrected chi connectivity index (χ0v) is 20.3. The number of fused-ring (bicyclic) bond motifs is 3. The third-order valence-electron chi connectivity index (χ3n) is 5.06. The van der Waals surface area contributed by atoms with Gasteiger partial charge in [0, 0.05) is 0 Å². The second kappa shape index (κ2) is 13.3. The summed E-state index contributed by atoms with van der Waals surface area (Å²) in [5.41, 5.74) is 2.66. The summed E-state index contributed by atoms with van der Waals surface area (Å²) in [5, 5.41) is 5.46. The molecule has 152 valence electrons. The molecule has 0 spiro atoms. The molecule has 0 radical (unpaired) electrons. The van der Waals surface area contributed by atoms with Gasteiger partial charge in [0.05, 0.1) is 0 Å². The molecule has 1 fully saturated rings. The van der Waals surface area contributed by atoms with Gasteiger partial charge in [0.1, 0.15) is 0 Å². The zero-order chi connectivity index (χ0) is 19.1. The molecular weight excluding hydrogens is 431 g/mol. The van der Waals surface area contributed by atoms with Crippen molar-refractivity contribution in [1.29, 1.82) is 0 Å². The van der Waals surface area contributed by atoms with Crippen LogP contribution in [0.5, 0.6) is 0 Å². The van der Waals surface area contributed by atoms with Crippen LogP contribution in [-0.2, 0) is 20.0 Å². The van der Waals surface area contributed by atoms with Crippen LogP contribution < -0.4 is 24.8 Å². The van der Waals surface area contributed by atoms with Crippen LogP contribution in [-0.4, -0.2) is 3.81 Å². The summed E-state index contributed by atoms with van der Waals surface area (Å²) in [6.45, 7) is 4.29. The fraction of sp³-hybridized carbons (Fsp3) is 0.308. The Bertz CT molecular complexity index is 905. The van der Waals surface area contributed by atoms with Crippen LogP contribution in [0.3, 0.4) is 0 Å². The summed E-state index contributed by atoms with van der Waals surface area (Å²) in [5.74, 6) is 0. The minimum atomic E-state index is 0. The Kier molecular flexibility index (Phi) is 11.9. The van der Waals surface area contributed by atoms with Gasteiger partial charge in [-0.3, -0.25) is 6.08 Å². The van der Waals surface area contributed by atoms with Crippen LogP contribution >= 0.6 is 0 Å². The molecule has 0 atom stereocenters. The molecule has 0 saturated heterocycles. The first-order valence-corrected chi connectivity index (χ1v) is 10.8. The maximum atomic E-state index is 2.99. The van der Waals surface area contributed by atoms with Gasteiger partial charge in [0.25, 0.3) is 0 Å². The topological polar surface area (TPSA) is 0 Å². The fourth-order valence-corrected chi connectivity index (χ4v) is 4.10. The molecular formula is C26H28Cl2Ti-2. The molecule has 3 aromatic rings. The van der Waals surface area contributed by atoms with Crippen molar-refractivity contribution in [3.63, 3.8) is 0 Å². The standard InChI is InChI=1S/C15H13.C6H10.C5H5.2ClH.Ti/c1-10-3-5-12-9-13-6-4-11(2)8-15(13)14(12)7-10;1-2-4-6-5-3-1;1-2-4-5-3-1;;;/h3-9H,1-2H3;1-5H2;1-3H,4H2;2*1H;/q-1;;-1;;;+2/p-2. The second-order valence-electron chi connectivity index (χ2n) is 7.49. The average molecular weight is 459 g/mol. The summed E-state index contributed by atoms with van der Waals surface area (Å²) >= 11 is 2.28. The molecule has 2 aliphatic rings. The average Bonchev–Trinajstić information content (AvgIpc) is 3.35. The van der Waals surface area contributed by atoms with Gasteiger partial charge in [-0.1, -0.05) is 35.4 Å². The SMILES string of the molecule is Cc1ccc2[cH-]c3ccc(C)cc3c2c1.[C-]1=CC=CC1.[Cl-].[Cl-].[Ti+2]=[C]1CCCCC1. The van der Waals surface area contributed by atoms with Crippen molar-refractivity contribution in [3.8, 4) is 0 Å². The molecule has 0 nitrogen and oxygen atoms in total. The molecule has 5 rings (SSSR count). The van der Waals surface area contributed by atoms with Crippen LogP contribution in [0, 0.1) is 19.9 Å². The molecule has 0 N–H and O–H groups in total. The van der Waals surface area contributed by atoms with Crippen LogP contribution in [0.25, 0.3) is 21.5 Å². The van der Waals surface area contributed by atoms with Crippen molar-refractivity contribution >= 4 is 25.4 Å². The summed E-state index contributed by atoms with van der Waals surface area (Å²) in [6.07, 6.45) is 17.2. The Labute approximate surface area is 199 Å². The molecule has 0 bridgehead atoms. The fourth-order valence-electron chi connectivity index (χ4n) is 3.54. The summed E-state index contributed by atoms with van der Waals surface area (Å²) in [7, 11) is 0. The molecule has 3 heteroatoms. The van der Waals surface area contributed by atoms with Gasteiger partial charge in [-0.15, -0.1) is 46.2 Å². The van der Waals surface area contributed by atoms with Crippen molar-refractivity contribution in [3.05, 3.63) is 77.9 Å². The van der Waals surface area contributed by atoms with E-state index >= 15 is 0 Å². The van der Waals surface area contributed by atoms with E-state index in [-0.39, 0.29) is 24.8 Å². The summed E-state index contributed by atoms with van der Waals surface area (Å²) in [4.78, 5) is 0. The van der Waals surface area contributed by atoms with E-state index in [0.717, 1.165) is 6.42 Å². The van der Waals surface area contributed by atoms with Gasteiger partial charge in [0.2, 0.25) is 0 Å². The van der Waals surface area contributed by atoms with Gasteiger partial charge in [0.15, 0.2) is 0 Å². The van der Waals surface area contributed by atoms with Crippen molar-refractivity contribution in [2.75, 3.05) is 0 Å². The number of allylic oxidation sites excluding steroid dienone is 4. The summed E-state index contributed by atoms with van der Waals surface area (Å²) in [6, 6.07) is 15.6. The molecule has 3 aromatic carbocycles. The quantitative estimate of drug-likeness (QED) is 0.352. The van der Waals surface area contributed by atoms with E-state index in [1.807, 2.05) is 12.2 Å². The van der Waals surface area contributed by atoms with E-state index in [9.17, 15) is 0 Å². The monoisotopic (exact) mass is 458 g/mol. The van der Waals surface area contributed by atoms with Crippen LogP contribution in [0.4, 0.5) is 0 Å². The van der Waals surface area contributed by atoms with E-state index in [1.165, 1.54) is 64.8 Å². The Morgan fingerprint density at radius 2 is 1.38 bits per heavy atom. The molecule has 2 aliphatic carbocycles. The van der Waals surface area contributed by atoms with E-state index in [4.69, 9.17) is 0 Å². The Hall–Kier alpha value is -1.05. The second-order valence-corrected chi connectivity index (χ2v) is 8.60. The molecule has 0 aromatic heterocycles. The van der Waals surface area contributed by atoms with Gasteiger partial charge < -0.3 is 24.8 Å². The van der Waals surface area contributed by atoms with E-state index in [1.54, 1.807) is 3.81 Å². The number of hydrogen-bond acceptors (Lipinski definition) is 0. The third-order valence-corrected chi connectivity index (χ3v) is 5.84. The van der Waals surface area contributed by atoms with Crippen molar-refractivity contribution < 1.29 is 44.8 Å². The molecule has 0 amide bonds. The predicted molar refractivity (Wildman–Crippen MR) is 116 cm³/mol. The first-order chi connectivity index (χ1) is 13.1. The molecule has 29 heavy (non-hydrogen) atoms. The number of hydrogen-bond donors (Lipinski definition) is 0. The van der Waals surface area contributed by atoms with E-state index in [0.29, 0.717) is 0 Å². The number of rotatable bonds is 0. The van der Waals surface area contributed by atoms with Crippen LogP contribution in [0.1, 0.15) is 49.7 Å². The normalized spacial score (nSPS) is 14.4.